The van der Waals surface area contributed by atoms with E-state index in [0.717, 1.165) is 0 Å². The minimum absolute atomic E-state index is 0.144. The van der Waals surface area contributed by atoms with Crippen molar-refractivity contribution in [2.24, 2.45) is 17.3 Å². The molecular formula is C18H21ClO4. The first-order valence-electron chi connectivity index (χ1n) is 7.72. The predicted molar refractivity (Wildman–Crippen MR) is 88.0 cm³/mol. The van der Waals surface area contributed by atoms with E-state index in [2.05, 4.69) is 33.8 Å². The fraction of sp³-hybridized carbons (Fsp3) is 0.500. The van der Waals surface area contributed by atoms with Crippen molar-refractivity contribution >= 4 is 17.6 Å². The summed E-state index contributed by atoms with van der Waals surface area (Å²) in [7, 11) is 0. The Morgan fingerprint density at radius 2 is 2.00 bits per heavy atom. The SMILES string of the molecule is CC(C)=C[C@H]1[C@H](COC(=O)c2cc3c(cc2Cl)OCO3)C1(C)C. The van der Waals surface area contributed by atoms with Gasteiger partial charge in [0, 0.05) is 18.1 Å². The minimum Gasteiger partial charge on any atom is -0.462 e. The van der Waals surface area contributed by atoms with Crippen LogP contribution in [0.2, 0.25) is 5.02 Å². The molecule has 0 unspecified atom stereocenters. The van der Waals surface area contributed by atoms with Crippen molar-refractivity contribution < 1.29 is 19.0 Å². The van der Waals surface area contributed by atoms with Crippen LogP contribution >= 0.6 is 11.6 Å². The van der Waals surface area contributed by atoms with Gasteiger partial charge in [0.2, 0.25) is 6.79 Å². The lowest BCUT2D eigenvalue weighted by molar-refractivity contribution is 0.0471. The molecule has 1 aliphatic heterocycles. The maximum Gasteiger partial charge on any atom is 0.339 e. The molecule has 0 aromatic heterocycles. The number of halogens is 1. The number of esters is 1. The maximum atomic E-state index is 12.3. The normalized spacial score (nSPS) is 23.3. The van der Waals surface area contributed by atoms with Gasteiger partial charge in [0.05, 0.1) is 17.2 Å². The Hall–Kier alpha value is -1.68. The summed E-state index contributed by atoms with van der Waals surface area (Å²) in [5.74, 6) is 1.45. The van der Waals surface area contributed by atoms with Crippen molar-refractivity contribution in [3.8, 4) is 11.5 Å². The van der Waals surface area contributed by atoms with Crippen molar-refractivity contribution in [3.63, 3.8) is 0 Å². The van der Waals surface area contributed by atoms with Crippen molar-refractivity contribution in [3.05, 3.63) is 34.4 Å². The van der Waals surface area contributed by atoms with E-state index in [1.165, 1.54) is 5.57 Å². The van der Waals surface area contributed by atoms with E-state index in [-0.39, 0.29) is 12.2 Å². The second-order valence-corrected chi connectivity index (χ2v) is 7.39. The van der Waals surface area contributed by atoms with Crippen LogP contribution in [0.5, 0.6) is 11.5 Å². The summed E-state index contributed by atoms with van der Waals surface area (Å²) < 4.78 is 16.0. The third-order valence-corrected chi connectivity index (χ3v) is 5.04. The maximum absolute atomic E-state index is 12.3. The van der Waals surface area contributed by atoms with Crippen LogP contribution < -0.4 is 9.47 Å². The molecule has 0 amide bonds. The highest BCUT2D eigenvalue weighted by Crippen LogP contribution is 2.59. The van der Waals surface area contributed by atoms with Gasteiger partial charge in [-0.05, 0) is 25.2 Å². The number of carbonyl (C=O) groups excluding carboxylic acids is 1. The van der Waals surface area contributed by atoms with Crippen LogP contribution in [0.15, 0.2) is 23.8 Å². The second-order valence-electron chi connectivity index (χ2n) is 6.98. The lowest BCUT2D eigenvalue weighted by Crippen LogP contribution is -2.10. The van der Waals surface area contributed by atoms with Crippen molar-refractivity contribution in [1.82, 2.24) is 0 Å². The molecule has 23 heavy (non-hydrogen) atoms. The molecule has 5 heteroatoms. The van der Waals surface area contributed by atoms with Crippen LogP contribution in [0.3, 0.4) is 0 Å². The van der Waals surface area contributed by atoms with E-state index in [1.807, 2.05) is 0 Å². The summed E-state index contributed by atoms with van der Waals surface area (Å²) in [4.78, 5) is 12.3. The van der Waals surface area contributed by atoms with Crippen molar-refractivity contribution in [2.75, 3.05) is 13.4 Å². The molecular weight excluding hydrogens is 316 g/mol. The molecule has 124 valence electrons. The molecule has 1 aromatic carbocycles. The standard InChI is InChI=1S/C18H21ClO4/c1-10(2)5-12-13(18(12,3)4)8-21-17(20)11-6-15-16(7-14(11)19)23-9-22-15/h5-7,12-13H,8-9H2,1-4H3/t12-,13-/m0/s1. The topological polar surface area (TPSA) is 44.8 Å². The molecule has 1 fully saturated rings. The third kappa shape index (κ3) is 3.05. The molecule has 0 spiro atoms. The Balaban J connectivity index is 1.66. The smallest absolute Gasteiger partial charge is 0.339 e. The first-order chi connectivity index (χ1) is 10.8. The Morgan fingerprint density at radius 3 is 2.65 bits per heavy atom. The lowest BCUT2D eigenvalue weighted by Gasteiger charge is -2.08. The molecule has 3 rings (SSSR count). The zero-order valence-electron chi connectivity index (χ0n) is 13.8. The van der Waals surface area contributed by atoms with Gasteiger partial charge in [-0.2, -0.15) is 0 Å². The van der Waals surface area contributed by atoms with Gasteiger partial charge in [0.25, 0.3) is 0 Å². The zero-order chi connectivity index (χ0) is 16.8. The Bertz CT molecular complexity index is 674. The first-order valence-corrected chi connectivity index (χ1v) is 8.10. The highest BCUT2D eigenvalue weighted by molar-refractivity contribution is 6.33. The number of allylic oxidation sites excluding steroid dienone is 2. The largest absolute Gasteiger partial charge is 0.462 e. The summed E-state index contributed by atoms with van der Waals surface area (Å²) in [6, 6.07) is 3.17. The molecule has 1 heterocycles. The van der Waals surface area contributed by atoms with Gasteiger partial charge < -0.3 is 14.2 Å². The van der Waals surface area contributed by atoms with E-state index in [1.54, 1.807) is 12.1 Å². The molecule has 2 atom stereocenters. The Morgan fingerprint density at radius 1 is 1.35 bits per heavy atom. The van der Waals surface area contributed by atoms with Crippen molar-refractivity contribution in [2.45, 2.75) is 27.7 Å². The molecule has 1 saturated carbocycles. The number of fused-ring (bicyclic) bond motifs is 1. The van der Waals surface area contributed by atoms with Gasteiger partial charge in [0.1, 0.15) is 0 Å². The van der Waals surface area contributed by atoms with E-state index < -0.39 is 5.97 Å². The Labute approximate surface area is 141 Å². The molecule has 0 bridgehead atoms. The fourth-order valence-electron chi connectivity index (χ4n) is 3.11. The van der Waals surface area contributed by atoms with Gasteiger partial charge in [-0.1, -0.05) is 37.1 Å². The molecule has 2 aliphatic rings. The summed E-state index contributed by atoms with van der Waals surface area (Å²) in [5.41, 5.74) is 1.76. The quantitative estimate of drug-likeness (QED) is 0.601. The summed E-state index contributed by atoms with van der Waals surface area (Å²) in [6.07, 6.45) is 2.26. The number of hydrogen-bond acceptors (Lipinski definition) is 4. The van der Waals surface area contributed by atoms with Crippen LogP contribution in [0, 0.1) is 17.3 Å². The third-order valence-electron chi connectivity index (χ3n) is 4.73. The number of ether oxygens (including phenoxy) is 3. The molecule has 0 saturated heterocycles. The molecule has 0 radical (unpaired) electrons. The molecule has 1 aliphatic carbocycles. The van der Waals surface area contributed by atoms with Gasteiger partial charge in [-0.25, -0.2) is 4.79 Å². The van der Waals surface area contributed by atoms with Crippen molar-refractivity contribution in [1.29, 1.82) is 0 Å². The van der Waals surface area contributed by atoms with Crippen LogP contribution in [0.25, 0.3) is 0 Å². The summed E-state index contributed by atoms with van der Waals surface area (Å²) in [6.45, 7) is 9.11. The number of carbonyl (C=O) groups is 1. The molecule has 4 nitrogen and oxygen atoms in total. The second kappa shape index (κ2) is 5.75. The average Bonchev–Trinajstić information content (AvgIpc) is 2.82. The lowest BCUT2D eigenvalue weighted by atomic mass is 10.1. The van der Waals surface area contributed by atoms with Gasteiger partial charge in [-0.15, -0.1) is 0 Å². The Kier molecular flexibility index (Phi) is 4.05. The van der Waals surface area contributed by atoms with Crippen LogP contribution in [-0.4, -0.2) is 19.4 Å². The molecule has 0 N–H and O–H groups in total. The number of benzene rings is 1. The van der Waals surface area contributed by atoms with E-state index in [4.69, 9.17) is 25.8 Å². The molecule has 1 aromatic rings. The summed E-state index contributed by atoms with van der Waals surface area (Å²) >= 11 is 6.14. The van der Waals surface area contributed by atoms with E-state index >= 15 is 0 Å². The first kappa shape index (κ1) is 16.2. The predicted octanol–water partition coefficient (Wildman–Crippen LogP) is 4.46. The number of rotatable bonds is 4. The summed E-state index contributed by atoms with van der Waals surface area (Å²) in [5, 5.41) is 0.315. The highest BCUT2D eigenvalue weighted by atomic mass is 35.5. The van der Waals surface area contributed by atoms with Gasteiger partial charge in [0.15, 0.2) is 11.5 Å². The fourth-order valence-corrected chi connectivity index (χ4v) is 3.34. The van der Waals surface area contributed by atoms with Crippen LogP contribution in [0.4, 0.5) is 0 Å². The van der Waals surface area contributed by atoms with Crippen LogP contribution in [0.1, 0.15) is 38.1 Å². The van der Waals surface area contributed by atoms with Gasteiger partial charge in [-0.3, -0.25) is 0 Å². The average molecular weight is 337 g/mol. The highest BCUT2D eigenvalue weighted by Gasteiger charge is 2.56. The monoisotopic (exact) mass is 336 g/mol. The van der Waals surface area contributed by atoms with E-state index in [9.17, 15) is 4.79 Å². The number of hydrogen-bond donors (Lipinski definition) is 0. The van der Waals surface area contributed by atoms with E-state index in [0.29, 0.717) is 40.5 Å². The minimum atomic E-state index is -0.424. The van der Waals surface area contributed by atoms with Gasteiger partial charge >= 0.3 is 5.97 Å². The zero-order valence-corrected chi connectivity index (χ0v) is 14.6. The van der Waals surface area contributed by atoms with Crippen LogP contribution in [-0.2, 0) is 4.74 Å².